The lowest BCUT2D eigenvalue weighted by molar-refractivity contribution is -0.143. The van der Waals surface area contributed by atoms with E-state index in [1.165, 1.54) is 12.0 Å². The molecule has 4 atom stereocenters. The maximum atomic E-state index is 13.0. The molecule has 9 heteroatoms. The van der Waals surface area contributed by atoms with Crippen molar-refractivity contribution in [3.05, 3.63) is 0 Å². The predicted molar refractivity (Wildman–Crippen MR) is 90.7 cm³/mol. The van der Waals surface area contributed by atoms with Gasteiger partial charge in [0.05, 0.1) is 13.0 Å². The van der Waals surface area contributed by atoms with Crippen LogP contribution in [0.3, 0.4) is 0 Å². The Labute approximate surface area is 152 Å². The summed E-state index contributed by atoms with van der Waals surface area (Å²) in [5.41, 5.74) is 4.65. The van der Waals surface area contributed by atoms with E-state index in [1.54, 1.807) is 20.8 Å². The summed E-state index contributed by atoms with van der Waals surface area (Å²) in [5.74, 6) is -2.28. The van der Waals surface area contributed by atoms with Gasteiger partial charge in [0.15, 0.2) is 0 Å². The van der Waals surface area contributed by atoms with E-state index in [9.17, 15) is 19.2 Å². The molecule has 2 fully saturated rings. The lowest BCUT2D eigenvalue weighted by Crippen LogP contribution is -2.54. The molecule has 146 valence electrons. The van der Waals surface area contributed by atoms with E-state index < -0.39 is 53.4 Å². The molecule has 2 rings (SSSR count). The Balaban J connectivity index is 2.15. The first-order valence-electron chi connectivity index (χ1n) is 8.72. The smallest absolute Gasteiger partial charge is 0.408 e. The third-order valence-corrected chi connectivity index (χ3v) is 4.57. The largest absolute Gasteiger partial charge is 0.469 e. The number of esters is 1. The molecule has 2 aliphatic rings. The first-order valence-corrected chi connectivity index (χ1v) is 8.72. The molecule has 0 unspecified atom stereocenters. The van der Waals surface area contributed by atoms with Crippen molar-refractivity contribution < 1.29 is 28.7 Å². The Morgan fingerprint density at radius 1 is 1.23 bits per heavy atom. The summed E-state index contributed by atoms with van der Waals surface area (Å²) in [7, 11) is 1.28. The van der Waals surface area contributed by atoms with Gasteiger partial charge < -0.3 is 25.4 Å². The van der Waals surface area contributed by atoms with Crippen LogP contribution in [-0.4, -0.2) is 60.1 Å². The lowest BCUT2D eigenvalue weighted by atomic mass is 10.1. The molecule has 9 nitrogen and oxygen atoms in total. The Bertz CT molecular complexity index is 600. The van der Waals surface area contributed by atoms with Crippen molar-refractivity contribution in [3.63, 3.8) is 0 Å². The van der Waals surface area contributed by atoms with Crippen LogP contribution in [0, 0.1) is 11.8 Å². The molecular weight excluding hydrogens is 342 g/mol. The summed E-state index contributed by atoms with van der Waals surface area (Å²) in [6.07, 6.45) is 0.823. The van der Waals surface area contributed by atoms with E-state index in [1.807, 2.05) is 0 Å². The third-order valence-electron chi connectivity index (χ3n) is 4.57. The van der Waals surface area contributed by atoms with Crippen LogP contribution in [0.4, 0.5) is 4.79 Å². The normalized spacial score (nSPS) is 26.0. The number of ether oxygens (including phenoxy) is 2. The second-order valence-electron chi connectivity index (χ2n) is 7.75. The van der Waals surface area contributed by atoms with Crippen molar-refractivity contribution in [2.75, 3.05) is 13.7 Å². The molecule has 0 aromatic rings. The molecule has 1 saturated heterocycles. The van der Waals surface area contributed by atoms with Crippen molar-refractivity contribution in [1.82, 2.24) is 10.2 Å². The van der Waals surface area contributed by atoms with Gasteiger partial charge in [0.1, 0.15) is 17.7 Å². The van der Waals surface area contributed by atoms with Crippen LogP contribution < -0.4 is 11.1 Å². The highest BCUT2D eigenvalue weighted by molar-refractivity contribution is 5.92. The van der Waals surface area contributed by atoms with Crippen LogP contribution >= 0.6 is 0 Å². The Hall–Kier alpha value is -2.32. The minimum Gasteiger partial charge on any atom is -0.469 e. The van der Waals surface area contributed by atoms with Gasteiger partial charge in [0.25, 0.3) is 0 Å². The molecule has 1 saturated carbocycles. The summed E-state index contributed by atoms with van der Waals surface area (Å²) < 4.78 is 9.95. The van der Waals surface area contributed by atoms with E-state index in [0.717, 1.165) is 0 Å². The molecule has 3 amide bonds. The highest BCUT2D eigenvalue weighted by Crippen LogP contribution is 2.43. The highest BCUT2D eigenvalue weighted by atomic mass is 16.6. The number of carbonyl (C=O) groups is 4. The Morgan fingerprint density at radius 2 is 1.88 bits per heavy atom. The molecule has 0 aromatic carbocycles. The molecule has 0 spiro atoms. The minimum absolute atomic E-state index is 0.383. The fourth-order valence-electron chi connectivity index (χ4n) is 3.30. The summed E-state index contributed by atoms with van der Waals surface area (Å²) in [6, 6.07) is -1.66. The highest BCUT2D eigenvalue weighted by Gasteiger charge is 2.53. The van der Waals surface area contributed by atoms with Gasteiger partial charge in [0.2, 0.25) is 11.8 Å². The Kier molecular flexibility index (Phi) is 5.77. The second kappa shape index (κ2) is 7.51. The molecule has 0 bridgehead atoms. The van der Waals surface area contributed by atoms with Crippen LogP contribution in [0.25, 0.3) is 0 Å². The van der Waals surface area contributed by atoms with E-state index in [2.05, 4.69) is 5.32 Å². The predicted octanol–water partition coefficient (Wildman–Crippen LogP) is 0.165. The number of likely N-dealkylation sites (tertiary alicyclic amines) is 1. The maximum absolute atomic E-state index is 13.0. The van der Waals surface area contributed by atoms with E-state index in [0.29, 0.717) is 25.8 Å². The number of amides is 3. The fourth-order valence-corrected chi connectivity index (χ4v) is 3.30. The quantitative estimate of drug-likeness (QED) is 0.665. The fraction of sp³-hybridized carbons (Fsp3) is 0.765. The summed E-state index contributed by atoms with van der Waals surface area (Å²) in [6.45, 7) is 5.51. The number of rotatable bonds is 5. The van der Waals surface area contributed by atoms with Gasteiger partial charge in [-0.2, -0.15) is 0 Å². The number of nitrogens with one attached hydrogen (secondary N) is 1. The number of hydrogen-bond donors (Lipinski definition) is 2. The van der Waals surface area contributed by atoms with Crippen LogP contribution in [0.1, 0.15) is 40.0 Å². The van der Waals surface area contributed by atoms with Crippen LogP contribution in [-0.2, 0) is 23.9 Å². The topological polar surface area (TPSA) is 128 Å². The molecule has 1 heterocycles. The van der Waals surface area contributed by atoms with Gasteiger partial charge in [-0.3, -0.25) is 14.4 Å². The van der Waals surface area contributed by atoms with Crippen LogP contribution in [0.15, 0.2) is 0 Å². The third kappa shape index (κ3) is 4.64. The number of carbonyl (C=O) groups excluding carboxylic acids is 4. The summed E-state index contributed by atoms with van der Waals surface area (Å²) in [5, 5.41) is 2.57. The van der Waals surface area contributed by atoms with Crippen LogP contribution in [0.2, 0.25) is 0 Å². The van der Waals surface area contributed by atoms with Crippen molar-refractivity contribution in [3.8, 4) is 0 Å². The number of nitrogens with two attached hydrogens (primary N) is 1. The molecule has 26 heavy (non-hydrogen) atoms. The zero-order valence-electron chi connectivity index (χ0n) is 15.6. The van der Waals surface area contributed by atoms with Crippen molar-refractivity contribution in [1.29, 1.82) is 0 Å². The average molecular weight is 369 g/mol. The minimum atomic E-state index is -0.964. The SMILES string of the molecule is COC(=O)[C@@H]1C[C@H]1[C@@H](NC(=O)OC(C)(C)C)C(=O)N1CCC[C@H]1C(N)=O. The zero-order chi connectivity index (χ0) is 19.6. The van der Waals surface area contributed by atoms with E-state index >= 15 is 0 Å². The standard InChI is InChI=1S/C17H27N3O6/c1-17(2,3)26-16(24)19-12(9-8-10(9)15(23)25-4)14(22)20-7-5-6-11(20)13(18)21/h9-12H,5-8H2,1-4H3,(H2,18,21)(H,19,24)/t9-,10-,11+,12-/m1/s1. The van der Waals surface area contributed by atoms with Gasteiger partial charge in [-0.05, 0) is 40.0 Å². The summed E-state index contributed by atoms with van der Waals surface area (Å²) >= 11 is 0. The first-order chi connectivity index (χ1) is 12.0. The van der Waals surface area contributed by atoms with Gasteiger partial charge in [-0.1, -0.05) is 0 Å². The van der Waals surface area contributed by atoms with Crippen molar-refractivity contribution in [2.45, 2.75) is 57.7 Å². The van der Waals surface area contributed by atoms with Crippen molar-refractivity contribution >= 4 is 23.9 Å². The first kappa shape index (κ1) is 20.0. The molecule has 3 N–H and O–H groups in total. The maximum Gasteiger partial charge on any atom is 0.408 e. The van der Waals surface area contributed by atoms with Crippen LogP contribution in [0.5, 0.6) is 0 Å². The number of nitrogens with zero attached hydrogens (tertiary/aromatic N) is 1. The monoisotopic (exact) mass is 369 g/mol. The molecular formula is C17H27N3O6. The average Bonchev–Trinajstić information content (AvgIpc) is 3.15. The number of alkyl carbamates (subject to hydrolysis) is 1. The lowest BCUT2D eigenvalue weighted by Gasteiger charge is -2.29. The number of hydrogen-bond acceptors (Lipinski definition) is 6. The Morgan fingerprint density at radius 3 is 2.42 bits per heavy atom. The van der Waals surface area contributed by atoms with Crippen molar-refractivity contribution in [2.24, 2.45) is 17.6 Å². The molecule has 0 radical (unpaired) electrons. The van der Waals surface area contributed by atoms with E-state index in [-0.39, 0.29) is 0 Å². The van der Waals surface area contributed by atoms with E-state index in [4.69, 9.17) is 15.2 Å². The van der Waals surface area contributed by atoms with Gasteiger partial charge in [-0.15, -0.1) is 0 Å². The van der Waals surface area contributed by atoms with Gasteiger partial charge >= 0.3 is 12.1 Å². The zero-order valence-corrected chi connectivity index (χ0v) is 15.6. The molecule has 1 aliphatic carbocycles. The summed E-state index contributed by atoms with van der Waals surface area (Å²) in [4.78, 5) is 49.9. The number of primary amides is 1. The molecule has 0 aromatic heterocycles. The molecule has 1 aliphatic heterocycles. The van der Waals surface area contributed by atoms with Gasteiger partial charge in [0, 0.05) is 12.5 Å². The van der Waals surface area contributed by atoms with Gasteiger partial charge in [-0.25, -0.2) is 4.79 Å². The second-order valence-corrected chi connectivity index (χ2v) is 7.75. The number of methoxy groups -OCH3 is 1.